The molecular weight excluding hydrogens is 271 g/mol. The zero-order chi connectivity index (χ0) is 8.97. The van der Waals surface area contributed by atoms with Gasteiger partial charge in [0.15, 0.2) is 34.5 Å². The van der Waals surface area contributed by atoms with Gasteiger partial charge in [0.05, 0.1) is 7.11 Å². The fourth-order valence-corrected chi connectivity index (χ4v) is 1.19. The molecule has 0 amide bonds. The fourth-order valence-electron chi connectivity index (χ4n) is 0.821. The molecule has 0 aromatic heterocycles. The Labute approximate surface area is 84.4 Å². The zero-order valence-corrected chi connectivity index (χ0v) is 8.57. The van der Waals surface area contributed by atoms with Crippen molar-refractivity contribution in [3.63, 3.8) is 0 Å². The average molecular weight is 278 g/mol. The number of methoxy groups -OCH3 is 1. The molecule has 0 atom stereocenters. The molecule has 0 heterocycles. The Morgan fingerprint density at radius 3 is 2.67 bits per heavy atom. The molecule has 1 aromatic carbocycles. The monoisotopic (exact) mass is 278 g/mol. The molecule has 0 N–H and O–H groups in total. The quantitative estimate of drug-likeness (QED) is 0.628. The van der Waals surface area contributed by atoms with Crippen LogP contribution in [0.2, 0.25) is 0 Å². The highest BCUT2D eigenvalue weighted by molar-refractivity contribution is 14.1. The third-order valence-electron chi connectivity index (χ3n) is 1.41. The normalized spacial score (nSPS) is 9.17. The lowest BCUT2D eigenvalue weighted by molar-refractivity contribution is 0.112. The molecule has 0 radical (unpaired) electrons. The summed E-state index contributed by atoms with van der Waals surface area (Å²) in [4.78, 5) is 10.4. The number of rotatable bonds is 3. The van der Waals surface area contributed by atoms with E-state index in [0.717, 1.165) is 6.29 Å². The predicted octanol–water partition coefficient (Wildman–Crippen LogP) is 2.24. The molecule has 0 saturated heterocycles. The maximum atomic E-state index is 10.4. The smallest absolute Gasteiger partial charge is 0.192 e. The van der Waals surface area contributed by atoms with E-state index in [-0.39, 0.29) is 0 Å². The molecule has 0 aliphatic carbocycles. The summed E-state index contributed by atoms with van der Waals surface area (Å²) in [5.41, 5.74) is 0.573. The van der Waals surface area contributed by atoms with Crippen molar-refractivity contribution in [2.45, 2.75) is 0 Å². The molecular formula is C8H7IO3. The van der Waals surface area contributed by atoms with Crippen LogP contribution in [0.5, 0.6) is 11.5 Å². The van der Waals surface area contributed by atoms with E-state index in [1.807, 2.05) is 0 Å². The van der Waals surface area contributed by atoms with Gasteiger partial charge >= 0.3 is 0 Å². The van der Waals surface area contributed by atoms with Crippen LogP contribution in [0.15, 0.2) is 18.2 Å². The van der Waals surface area contributed by atoms with Crippen molar-refractivity contribution in [3.05, 3.63) is 23.8 Å². The SMILES string of the molecule is COc1cc(C=O)ccc1OI. The van der Waals surface area contributed by atoms with E-state index in [9.17, 15) is 4.79 Å². The van der Waals surface area contributed by atoms with Gasteiger partial charge in [-0.2, -0.15) is 0 Å². The summed E-state index contributed by atoms with van der Waals surface area (Å²) in [5, 5.41) is 0. The Kier molecular flexibility index (Phi) is 3.33. The molecule has 12 heavy (non-hydrogen) atoms. The third-order valence-corrected chi connectivity index (χ3v) is 1.88. The lowest BCUT2D eigenvalue weighted by Gasteiger charge is -2.04. The Hall–Kier alpha value is -0.780. The molecule has 0 bridgehead atoms. The number of carbonyl (C=O) groups is 1. The molecule has 0 aliphatic rings. The predicted molar refractivity (Wildman–Crippen MR) is 53.0 cm³/mol. The van der Waals surface area contributed by atoms with E-state index in [0.29, 0.717) is 17.1 Å². The molecule has 64 valence electrons. The van der Waals surface area contributed by atoms with Gasteiger partial charge < -0.3 is 7.80 Å². The van der Waals surface area contributed by atoms with Crippen molar-refractivity contribution in [2.24, 2.45) is 0 Å². The van der Waals surface area contributed by atoms with Crippen molar-refractivity contribution >= 4 is 29.3 Å². The molecule has 0 saturated carbocycles. The van der Waals surface area contributed by atoms with E-state index in [1.54, 1.807) is 41.2 Å². The molecule has 1 aromatic rings. The average Bonchev–Trinajstić information content (AvgIpc) is 2.16. The van der Waals surface area contributed by atoms with Crippen LogP contribution in [-0.4, -0.2) is 13.4 Å². The fraction of sp³-hybridized carbons (Fsp3) is 0.125. The molecule has 1 rings (SSSR count). The Bertz CT molecular complexity index is 286. The molecule has 0 fully saturated rings. The van der Waals surface area contributed by atoms with Crippen LogP contribution in [0.25, 0.3) is 0 Å². The van der Waals surface area contributed by atoms with Gasteiger partial charge in [-0.15, -0.1) is 0 Å². The van der Waals surface area contributed by atoms with Crippen molar-refractivity contribution in [3.8, 4) is 11.5 Å². The highest BCUT2D eigenvalue weighted by Gasteiger charge is 2.03. The van der Waals surface area contributed by atoms with E-state index in [2.05, 4.69) is 0 Å². The van der Waals surface area contributed by atoms with Crippen LogP contribution in [-0.2, 0) is 0 Å². The van der Waals surface area contributed by atoms with E-state index in [1.165, 1.54) is 7.11 Å². The largest absolute Gasteiger partial charge is 0.493 e. The summed E-state index contributed by atoms with van der Waals surface area (Å²) in [7, 11) is 1.53. The van der Waals surface area contributed by atoms with Gasteiger partial charge in [-0.1, -0.05) is 0 Å². The van der Waals surface area contributed by atoms with Crippen LogP contribution in [0.1, 0.15) is 10.4 Å². The lowest BCUT2D eigenvalue weighted by Crippen LogP contribution is -1.88. The van der Waals surface area contributed by atoms with Gasteiger partial charge in [0, 0.05) is 5.56 Å². The maximum Gasteiger partial charge on any atom is 0.192 e. The summed E-state index contributed by atoms with van der Waals surface area (Å²) >= 11 is 1.76. The van der Waals surface area contributed by atoms with E-state index < -0.39 is 0 Å². The first-order chi connectivity index (χ1) is 5.81. The van der Waals surface area contributed by atoms with E-state index >= 15 is 0 Å². The second-order valence-electron chi connectivity index (χ2n) is 2.11. The van der Waals surface area contributed by atoms with Crippen LogP contribution in [0.4, 0.5) is 0 Å². The second-order valence-corrected chi connectivity index (χ2v) is 2.55. The number of carbonyl (C=O) groups excluding carboxylic acids is 1. The van der Waals surface area contributed by atoms with Crippen molar-refractivity contribution < 1.29 is 12.6 Å². The molecule has 0 aliphatic heterocycles. The first kappa shape index (κ1) is 9.31. The second kappa shape index (κ2) is 4.30. The van der Waals surface area contributed by atoms with Gasteiger partial charge in [-0.25, -0.2) is 0 Å². The first-order valence-corrected chi connectivity index (χ1v) is 4.11. The summed E-state index contributed by atoms with van der Waals surface area (Å²) in [6.45, 7) is 0. The summed E-state index contributed by atoms with van der Waals surface area (Å²) in [6, 6.07) is 4.99. The number of aldehydes is 1. The molecule has 3 nitrogen and oxygen atoms in total. The molecule has 4 heteroatoms. The Morgan fingerprint density at radius 2 is 2.17 bits per heavy atom. The summed E-state index contributed by atoms with van der Waals surface area (Å²) in [5.74, 6) is 1.18. The van der Waals surface area contributed by atoms with Crippen molar-refractivity contribution in [2.75, 3.05) is 7.11 Å². The third kappa shape index (κ3) is 1.88. The highest BCUT2D eigenvalue weighted by atomic mass is 127. The minimum atomic E-state index is 0.564. The van der Waals surface area contributed by atoms with Gasteiger partial charge in [-0.05, 0) is 18.2 Å². The summed E-state index contributed by atoms with van der Waals surface area (Å²) in [6.07, 6.45) is 0.763. The number of halogens is 1. The Balaban J connectivity index is 3.10. The number of hydrogen-bond donors (Lipinski definition) is 0. The number of benzene rings is 1. The molecule has 0 spiro atoms. The zero-order valence-electron chi connectivity index (χ0n) is 6.41. The standard InChI is InChI=1S/C8H7IO3/c1-11-8-4-6(5-10)2-3-7(8)12-9/h2-5H,1H3. The number of ether oxygens (including phenoxy) is 1. The van der Waals surface area contributed by atoms with Crippen molar-refractivity contribution in [1.29, 1.82) is 0 Å². The first-order valence-electron chi connectivity index (χ1n) is 3.23. The highest BCUT2D eigenvalue weighted by Crippen LogP contribution is 2.28. The topological polar surface area (TPSA) is 35.5 Å². The summed E-state index contributed by atoms with van der Waals surface area (Å²) < 4.78 is 9.95. The van der Waals surface area contributed by atoms with Gasteiger partial charge in [0.2, 0.25) is 0 Å². The van der Waals surface area contributed by atoms with Crippen molar-refractivity contribution in [1.82, 2.24) is 0 Å². The molecule has 0 unspecified atom stereocenters. The van der Waals surface area contributed by atoms with Crippen LogP contribution >= 0.6 is 23.0 Å². The minimum Gasteiger partial charge on any atom is -0.493 e. The van der Waals surface area contributed by atoms with Gasteiger partial charge in [0.25, 0.3) is 0 Å². The van der Waals surface area contributed by atoms with Gasteiger partial charge in [0.1, 0.15) is 6.29 Å². The van der Waals surface area contributed by atoms with Crippen LogP contribution in [0.3, 0.4) is 0 Å². The van der Waals surface area contributed by atoms with Gasteiger partial charge in [-0.3, -0.25) is 4.79 Å². The maximum absolute atomic E-state index is 10.4. The van der Waals surface area contributed by atoms with E-state index in [4.69, 9.17) is 7.80 Å². The number of hydrogen-bond acceptors (Lipinski definition) is 3. The minimum absolute atomic E-state index is 0.564. The lowest BCUT2D eigenvalue weighted by atomic mass is 10.2. The van der Waals surface area contributed by atoms with Crippen LogP contribution < -0.4 is 7.80 Å². The Morgan fingerprint density at radius 1 is 1.42 bits per heavy atom. The van der Waals surface area contributed by atoms with Crippen LogP contribution in [0, 0.1) is 0 Å².